The van der Waals surface area contributed by atoms with E-state index in [1.54, 1.807) is 30.3 Å². The first kappa shape index (κ1) is 15.7. The lowest BCUT2D eigenvalue weighted by molar-refractivity contribution is 0.257. The van der Waals surface area contributed by atoms with Gasteiger partial charge in [0, 0.05) is 0 Å². The van der Waals surface area contributed by atoms with Gasteiger partial charge in [0.1, 0.15) is 11.5 Å². The Labute approximate surface area is 146 Å². The molecule has 3 aromatic rings. The van der Waals surface area contributed by atoms with E-state index in [0.29, 0.717) is 29.4 Å². The van der Waals surface area contributed by atoms with Gasteiger partial charge in [0.15, 0.2) is 11.6 Å². The molecule has 0 radical (unpaired) electrons. The smallest absolute Gasteiger partial charge is 0.185 e. The van der Waals surface area contributed by atoms with Crippen LogP contribution < -0.4 is 0 Å². The van der Waals surface area contributed by atoms with E-state index in [2.05, 4.69) is 15.0 Å². The monoisotopic (exact) mass is 336 g/mol. The molecule has 2 heterocycles. The second kappa shape index (κ2) is 6.57. The van der Waals surface area contributed by atoms with Crippen LogP contribution in [0.25, 0.3) is 22.8 Å². The summed E-state index contributed by atoms with van der Waals surface area (Å²) in [6, 6.07) is 14.1. The minimum atomic E-state index is 0.143. The Morgan fingerprint density at radius 3 is 2.08 bits per heavy atom. The zero-order valence-corrected chi connectivity index (χ0v) is 13.8. The fourth-order valence-corrected chi connectivity index (χ4v) is 3.19. The molecule has 6 nitrogen and oxygen atoms in total. The molecule has 2 N–H and O–H groups in total. The molecule has 6 heteroatoms. The van der Waals surface area contributed by atoms with E-state index >= 15 is 0 Å². The number of aromatic hydroxyl groups is 2. The predicted molar refractivity (Wildman–Crippen MR) is 95.0 cm³/mol. The average molecular weight is 336 g/mol. The number of benzene rings is 2. The van der Waals surface area contributed by atoms with Gasteiger partial charge in [-0.1, -0.05) is 24.3 Å². The van der Waals surface area contributed by atoms with Crippen LogP contribution in [0.1, 0.15) is 12.8 Å². The summed E-state index contributed by atoms with van der Waals surface area (Å²) in [5.41, 5.74) is 1.22. The Hall–Kier alpha value is -2.86. The van der Waals surface area contributed by atoms with E-state index in [4.69, 9.17) is 0 Å². The first-order chi connectivity index (χ1) is 12.2. The van der Waals surface area contributed by atoms with Crippen molar-refractivity contribution in [3.8, 4) is 34.3 Å². The summed E-state index contributed by atoms with van der Waals surface area (Å²) in [5.74, 6) is 1.37. The van der Waals surface area contributed by atoms with E-state index in [9.17, 15) is 10.2 Å². The van der Waals surface area contributed by atoms with Crippen molar-refractivity contribution in [1.29, 1.82) is 0 Å². The van der Waals surface area contributed by atoms with E-state index in [0.717, 1.165) is 13.1 Å². The maximum atomic E-state index is 10.2. The highest BCUT2D eigenvalue weighted by Crippen LogP contribution is 2.32. The molecule has 1 saturated heterocycles. The number of nitrogens with zero attached hydrogens (tertiary/aromatic N) is 4. The lowest BCUT2D eigenvalue weighted by Crippen LogP contribution is -2.24. The van der Waals surface area contributed by atoms with Crippen LogP contribution in [-0.2, 0) is 6.67 Å². The van der Waals surface area contributed by atoms with Gasteiger partial charge in [-0.2, -0.15) is 0 Å². The van der Waals surface area contributed by atoms with E-state index in [1.165, 1.54) is 12.8 Å². The lowest BCUT2D eigenvalue weighted by Gasteiger charge is -2.16. The van der Waals surface area contributed by atoms with Gasteiger partial charge in [0.05, 0.1) is 17.8 Å². The Balaban J connectivity index is 1.80. The van der Waals surface area contributed by atoms with Gasteiger partial charge in [-0.15, -0.1) is 5.10 Å². The highest BCUT2D eigenvalue weighted by molar-refractivity contribution is 5.69. The predicted octanol–water partition coefficient (Wildman–Crippen LogP) is 3.08. The van der Waals surface area contributed by atoms with Crippen LogP contribution in [-0.4, -0.2) is 43.0 Å². The quantitative estimate of drug-likeness (QED) is 0.766. The lowest BCUT2D eigenvalue weighted by atomic mass is 10.2. The maximum absolute atomic E-state index is 10.2. The Morgan fingerprint density at radius 1 is 0.840 bits per heavy atom. The SMILES string of the molecule is Oc1ccccc1-c1nc(-c2ccccc2O)n(CN2CCCC2)n1. The molecule has 0 amide bonds. The number of phenolic OH excluding ortho intramolecular Hbond substituents is 2. The standard InChI is InChI=1S/C19H20N4O2/c24-16-9-3-1-7-14(16)18-20-19(15-8-2-4-10-17(15)25)23(21-18)13-22-11-5-6-12-22/h1-4,7-10,24-25H,5-6,11-13H2. The molecule has 25 heavy (non-hydrogen) atoms. The van der Waals surface area contributed by atoms with Crippen LogP contribution >= 0.6 is 0 Å². The van der Waals surface area contributed by atoms with Crippen molar-refractivity contribution in [1.82, 2.24) is 19.7 Å². The third-order valence-corrected chi connectivity index (χ3v) is 4.49. The average Bonchev–Trinajstić information content (AvgIpc) is 3.26. The summed E-state index contributed by atoms with van der Waals surface area (Å²) in [4.78, 5) is 6.93. The van der Waals surface area contributed by atoms with Crippen LogP contribution in [0, 0.1) is 0 Å². The van der Waals surface area contributed by atoms with E-state index in [1.807, 2.05) is 22.9 Å². The van der Waals surface area contributed by atoms with Gasteiger partial charge in [-0.05, 0) is 50.2 Å². The number of para-hydroxylation sites is 2. The van der Waals surface area contributed by atoms with Crippen LogP contribution in [0.2, 0.25) is 0 Å². The summed E-state index contributed by atoms with van der Waals surface area (Å²) in [7, 11) is 0. The van der Waals surface area contributed by atoms with Gasteiger partial charge in [0.2, 0.25) is 0 Å². The number of rotatable bonds is 4. The van der Waals surface area contributed by atoms with Crippen LogP contribution in [0.4, 0.5) is 0 Å². The third-order valence-electron chi connectivity index (χ3n) is 4.49. The molecule has 128 valence electrons. The van der Waals surface area contributed by atoms with Crippen molar-refractivity contribution in [2.45, 2.75) is 19.5 Å². The molecule has 2 aromatic carbocycles. The molecule has 4 rings (SSSR count). The van der Waals surface area contributed by atoms with Gasteiger partial charge in [0.25, 0.3) is 0 Å². The highest BCUT2D eigenvalue weighted by atomic mass is 16.3. The molecule has 0 aliphatic carbocycles. The third kappa shape index (κ3) is 3.08. The van der Waals surface area contributed by atoms with Crippen LogP contribution in [0.5, 0.6) is 11.5 Å². The van der Waals surface area contributed by atoms with Crippen molar-refractivity contribution >= 4 is 0 Å². The summed E-state index contributed by atoms with van der Waals surface area (Å²) in [6.45, 7) is 2.68. The molecule has 1 fully saturated rings. The van der Waals surface area contributed by atoms with Crippen molar-refractivity contribution in [2.24, 2.45) is 0 Å². The number of likely N-dealkylation sites (tertiary alicyclic amines) is 1. The summed E-state index contributed by atoms with van der Waals surface area (Å²) in [5, 5.41) is 25.0. The molecule has 0 spiro atoms. The van der Waals surface area contributed by atoms with Gasteiger partial charge in [-0.25, -0.2) is 9.67 Å². The summed E-state index contributed by atoms with van der Waals surface area (Å²) in [6.07, 6.45) is 2.37. The first-order valence-electron chi connectivity index (χ1n) is 8.46. The first-order valence-corrected chi connectivity index (χ1v) is 8.46. The van der Waals surface area contributed by atoms with Crippen molar-refractivity contribution < 1.29 is 10.2 Å². The van der Waals surface area contributed by atoms with Gasteiger partial charge in [-0.3, -0.25) is 4.90 Å². The van der Waals surface area contributed by atoms with E-state index in [-0.39, 0.29) is 11.5 Å². The zero-order valence-electron chi connectivity index (χ0n) is 13.8. The minimum Gasteiger partial charge on any atom is -0.507 e. The highest BCUT2D eigenvalue weighted by Gasteiger charge is 2.20. The molecular weight excluding hydrogens is 316 g/mol. The Morgan fingerprint density at radius 2 is 1.44 bits per heavy atom. The van der Waals surface area contributed by atoms with Crippen LogP contribution in [0.3, 0.4) is 0 Å². The van der Waals surface area contributed by atoms with Gasteiger partial charge < -0.3 is 10.2 Å². The minimum absolute atomic E-state index is 0.143. The fourth-order valence-electron chi connectivity index (χ4n) is 3.19. The number of hydrogen-bond acceptors (Lipinski definition) is 5. The summed E-state index contributed by atoms with van der Waals surface area (Å²) >= 11 is 0. The summed E-state index contributed by atoms with van der Waals surface area (Å²) < 4.78 is 1.81. The molecular formula is C19H20N4O2. The fraction of sp³-hybridized carbons (Fsp3) is 0.263. The molecule has 0 saturated carbocycles. The molecule has 0 atom stereocenters. The second-order valence-electron chi connectivity index (χ2n) is 6.26. The largest absolute Gasteiger partial charge is 0.507 e. The van der Waals surface area contributed by atoms with Gasteiger partial charge >= 0.3 is 0 Å². The topological polar surface area (TPSA) is 74.4 Å². The number of phenols is 2. The van der Waals surface area contributed by atoms with Crippen molar-refractivity contribution in [3.05, 3.63) is 48.5 Å². The molecule has 1 aromatic heterocycles. The van der Waals surface area contributed by atoms with Crippen LogP contribution in [0.15, 0.2) is 48.5 Å². The number of aromatic nitrogens is 3. The molecule has 0 bridgehead atoms. The second-order valence-corrected chi connectivity index (χ2v) is 6.26. The van der Waals surface area contributed by atoms with E-state index < -0.39 is 0 Å². The maximum Gasteiger partial charge on any atom is 0.185 e. The molecule has 1 aliphatic heterocycles. The zero-order chi connectivity index (χ0) is 17.2. The normalized spacial score (nSPS) is 14.9. The molecule has 0 unspecified atom stereocenters. The number of hydrogen-bond donors (Lipinski definition) is 2. The Kier molecular flexibility index (Phi) is 4.11. The molecule has 1 aliphatic rings. The van der Waals surface area contributed by atoms with Crippen molar-refractivity contribution in [3.63, 3.8) is 0 Å². The Bertz CT molecular complexity index is 885. The van der Waals surface area contributed by atoms with Crippen molar-refractivity contribution in [2.75, 3.05) is 13.1 Å².